The lowest BCUT2D eigenvalue weighted by Gasteiger charge is -2.28. The Bertz CT molecular complexity index is 341. The normalized spacial score (nSPS) is 13.1. The Balaban J connectivity index is 0. The monoisotopic (exact) mass is 428 g/mol. The van der Waals surface area contributed by atoms with Crippen LogP contribution in [0.4, 0.5) is 0 Å². The largest absolute Gasteiger partial charge is 0.379 e. The van der Waals surface area contributed by atoms with Crippen molar-refractivity contribution in [3.05, 3.63) is 0 Å². The maximum absolute atomic E-state index is 11.5. The molecule has 0 heterocycles. The van der Waals surface area contributed by atoms with Crippen molar-refractivity contribution in [3.8, 4) is 0 Å². The number of aliphatic imine (C=N–C) groups is 1. The van der Waals surface area contributed by atoms with Gasteiger partial charge >= 0.3 is 0 Å². The molecule has 1 unspecified atom stereocenters. The molecule has 0 aliphatic carbocycles. The fraction of sp³-hybridized carbons (Fsp3) is 0.867. The van der Waals surface area contributed by atoms with E-state index in [0.717, 1.165) is 12.5 Å². The molecule has 22 heavy (non-hydrogen) atoms. The van der Waals surface area contributed by atoms with Gasteiger partial charge < -0.3 is 20.3 Å². The third-order valence-electron chi connectivity index (χ3n) is 3.14. The number of amides is 1. The van der Waals surface area contributed by atoms with Crippen molar-refractivity contribution < 1.29 is 9.53 Å². The first-order chi connectivity index (χ1) is 9.72. The molecule has 1 amide bonds. The van der Waals surface area contributed by atoms with Gasteiger partial charge in [0.25, 0.3) is 0 Å². The summed E-state index contributed by atoms with van der Waals surface area (Å²) < 4.78 is 5.49. The van der Waals surface area contributed by atoms with Crippen LogP contribution < -0.4 is 10.6 Å². The third-order valence-corrected chi connectivity index (χ3v) is 3.14. The molecule has 7 heteroatoms. The number of halogens is 1. The number of hydrogen-bond donors (Lipinski definition) is 2. The zero-order chi connectivity index (χ0) is 16.5. The standard InChI is InChI=1S/C15H32N4O2.HI/c1-8-16-14(17-10-9-13(20)19(5)6)18-11-12(21-7)15(2,3)4;/h12H,8-11H2,1-7H3,(H2,16,17,18);1H. The molecule has 0 aromatic rings. The Kier molecular flexibility index (Phi) is 12.8. The van der Waals surface area contributed by atoms with Crippen LogP contribution in [0.1, 0.15) is 34.1 Å². The summed E-state index contributed by atoms with van der Waals surface area (Å²) in [7, 11) is 5.23. The van der Waals surface area contributed by atoms with Gasteiger partial charge in [-0.3, -0.25) is 9.79 Å². The van der Waals surface area contributed by atoms with Gasteiger partial charge in [0.1, 0.15) is 0 Å². The molecule has 0 aromatic heterocycles. The summed E-state index contributed by atoms with van der Waals surface area (Å²) in [6, 6.07) is 0. The van der Waals surface area contributed by atoms with Crippen LogP contribution >= 0.6 is 24.0 Å². The third kappa shape index (κ3) is 10.2. The van der Waals surface area contributed by atoms with Crippen molar-refractivity contribution in [3.63, 3.8) is 0 Å². The Morgan fingerprint density at radius 3 is 2.27 bits per heavy atom. The minimum Gasteiger partial charge on any atom is -0.379 e. The van der Waals surface area contributed by atoms with Crippen LogP contribution in [0.5, 0.6) is 0 Å². The molecule has 1 atom stereocenters. The van der Waals surface area contributed by atoms with Gasteiger partial charge in [-0.2, -0.15) is 0 Å². The highest BCUT2D eigenvalue weighted by molar-refractivity contribution is 14.0. The zero-order valence-corrected chi connectivity index (χ0v) is 17.4. The average molecular weight is 428 g/mol. The highest BCUT2D eigenvalue weighted by atomic mass is 127. The highest BCUT2D eigenvalue weighted by Crippen LogP contribution is 2.21. The van der Waals surface area contributed by atoms with Crippen LogP contribution in [0, 0.1) is 5.41 Å². The smallest absolute Gasteiger partial charge is 0.223 e. The van der Waals surface area contributed by atoms with Crippen LogP contribution in [-0.4, -0.2) is 63.7 Å². The van der Waals surface area contributed by atoms with E-state index in [1.807, 2.05) is 6.92 Å². The SMILES string of the molecule is CCNC(=NCC(OC)C(C)(C)C)NCCC(=O)N(C)C.I. The van der Waals surface area contributed by atoms with Crippen LogP contribution in [-0.2, 0) is 9.53 Å². The molecule has 0 aliphatic heterocycles. The molecule has 0 rings (SSSR count). The van der Waals surface area contributed by atoms with Gasteiger partial charge in [0.15, 0.2) is 5.96 Å². The van der Waals surface area contributed by atoms with Crippen molar-refractivity contribution in [2.45, 2.75) is 40.2 Å². The summed E-state index contributed by atoms with van der Waals surface area (Å²) in [5.41, 5.74) is 0.0382. The molecule has 0 spiro atoms. The zero-order valence-electron chi connectivity index (χ0n) is 15.0. The van der Waals surface area contributed by atoms with E-state index in [9.17, 15) is 4.79 Å². The molecular formula is C15H33IN4O2. The lowest BCUT2D eigenvalue weighted by Crippen LogP contribution is -2.40. The second-order valence-corrected chi connectivity index (χ2v) is 6.27. The van der Waals surface area contributed by atoms with Crippen LogP contribution in [0.15, 0.2) is 4.99 Å². The number of guanidine groups is 1. The second-order valence-electron chi connectivity index (χ2n) is 6.27. The molecule has 0 radical (unpaired) electrons. The van der Waals surface area contributed by atoms with Crippen LogP contribution in [0.2, 0.25) is 0 Å². The number of carbonyl (C=O) groups is 1. The summed E-state index contributed by atoms with van der Waals surface area (Å²) in [6.45, 7) is 10.3. The minimum atomic E-state index is 0. The van der Waals surface area contributed by atoms with Crippen molar-refractivity contribution in [1.29, 1.82) is 0 Å². The first-order valence-corrected chi connectivity index (χ1v) is 7.47. The fourth-order valence-electron chi connectivity index (χ4n) is 1.73. The van der Waals surface area contributed by atoms with Crippen LogP contribution in [0.3, 0.4) is 0 Å². The molecule has 0 saturated heterocycles. The van der Waals surface area contributed by atoms with Crippen molar-refractivity contribution in [2.24, 2.45) is 10.4 Å². The maximum atomic E-state index is 11.5. The summed E-state index contributed by atoms with van der Waals surface area (Å²) in [5, 5.41) is 6.35. The van der Waals surface area contributed by atoms with Crippen molar-refractivity contribution >= 4 is 35.8 Å². The van der Waals surface area contributed by atoms with E-state index in [2.05, 4.69) is 36.4 Å². The van der Waals surface area contributed by atoms with Gasteiger partial charge in [-0.1, -0.05) is 20.8 Å². The number of hydrogen-bond acceptors (Lipinski definition) is 3. The van der Waals surface area contributed by atoms with E-state index >= 15 is 0 Å². The maximum Gasteiger partial charge on any atom is 0.223 e. The highest BCUT2D eigenvalue weighted by Gasteiger charge is 2.24. The summed E-state index contributed by atoms with van der Waals surface area (Å²) >= 11 is 0. The van der Waals surface area contributed by atoms with Gasteiger partial charge in [0, 0.05) is 40.7 Å². The average Bonchev–Trinajstić information content (AvgIpc) is 2.37. The Morgan fingerprint density at radius 1 is 1.27 bits per heavy atom. The number of rotatable bonds is 7. The van der Waals surface area contributed by atoms with Gasteiger partial charge in [0.2, 0.25) is 5.91 Å². The predicted octanol–water partition coefficient (Wildman–Crippen LogP) is 1.70. The van der Waals surface area contributed by atoms with Crippen molar-refractivity contribution in [2.75, 3.05) is 40.8 Å². The number of nitrogens with one attached hydrogen (secondary N) is 2. The molecule has 0 bridgehead atoms. The van der Waals surface area contributed by atoms with Crippen LogP contribution in [0.25, 0.3) is 0 Å². The summed E-state index contributed by atoms with van der Waals surface area (Å²) in [5.74, 6) is 0.818. The number of carbonyl (C=O) groups excluding carboxylic acids is 1. The van der Waals surface area contributed by atoms with E-state index < -0.39 is 0 Å². The van der Waals surface area contributed by atoms with E-state index in [1.54, 1.807) is 26.1 Å². The molecule has 0 fully saturated rings. The number of methoxy groups -OCH3 is 1. The Morgan fingerprint density at radius 2 is 1.86 bits per heavy atom. The first-order valence-electron chi connectivity index (χ1n) is 7.47. The topological polar surface area (TPSA) is 66.0 Å². The predicted molar refractivity (Wildman–Crippen MR) is 103 cm³/mol. The molecule has 0 saturated carbocycles. The Labute approximate surface area is 152 Å². The first kappa shape index (κ1) is 23.7. The Hall–Kier alpha value is -0.570. The fourth-order valence-corrected chi connectivity index (χ4v) is 1.73. The van der Waals surface area contributed by atoms with Crippen molar-refractivity contribution in [1.82, 2.24) is 15.5 Å². The summed E-state index contributed by atoms with van der Waals surface area (Å²) in [6.07, 6.45) is 0.501. The van der Waals surface area contributed by atoms with E-state index in [4.69, 9.17) is 4.74 Å². The molecule has 6 nitrogen and oxygen atoms in total. The molecular weight excluding hydrogens is 395 g/mol. The van der Waals surface area contributed by atoms with Gasteiger partial charge in [-0.25, -0.2) is 0 Å². The number of nitrogens with zero attached hydrogens (tertiary/aromatic N) is 2. The molecule has 0 aliphatic rings. The quantitative estimate of drug-likeness (QED) is 0.368. The van der Waals surface area contributed by atoms with Gasteiger partial charge in [-0.05, 0) is 12.3 Å². The second kappa shape index (κ2) is 11.9. The van der Waals surface area contributed by atoms with Gasteiger partial charge in [0.05, 0.1) is 12.6 Å². The number of ether oxygens (including phenoxy) is 1. The molecule has 2 N–H and O–H groups in total. The summed E-state index contributed by atoms with van der Waals surface area (Å²) in [4.78, 5) is 17.7. The van der Waals surface area contributed by atoms with Gasteiger partial charge in [-0.15, -0.1) is 24.0 Å². The molecule has 0 aromatic carbocycles. The molecule has 132 valence electrons. The van der Waals surface area contributed by atoms with E-state index in [1.165, 1.54) is 0 Å². The lowest BCUT2D eigenvalue weighted by atomic mass is 9.89. The lowest BCUT2D eigenvalue weighted by molar-refractivity contribution is -0.128. The van der Waals surface area contributed by atoms with E-state index in [-0.39, 0.29) is 41.4 Å². The van der Waals surface area contributed by atoms with E-state index in [0.29, 0.717) is 19.5 Å². The minimum absolute atomic E-state index is 0.